The van der Waals surface area contributed by atoms with E-state index in [4.69, 9.17) is 24.7 Å². The predicted molar refractivity (Wildman–Crippen MR) is 175 cm³/mol. The maximum Gasteiger partial charge on any atom is 0.415 e. The molecule has 45 heavy (non-hydrogen) atoms. The molecule has 0 saturated carbocycles. The number of piperazine rings is 1. The minimum Gasteiger partial charge on any atom is -0.493 e. The zero-order valence-electron chi connectivity index (χ0n) is 26.9. The zero-order chi connectivity index (χ0) is 32.5. The topological polar surface area (TPSA) is 124 Å². The molecule has 1 heterocycles. The SMILES string of the molecule is CCN(C(=O)CCCCCOc1cc(N)c(C(=O)OC)cc1OC)c1cc(OC(=O)N2CCN(C)CC2)c2ccccc2c1C. The van der Waals surface area contributed by atoms with Gasteiger partial charge in [-0.05, 0) is 51.1 Å². The largest absolute Gasteiger partial charge is 0.493 e. The van der Waals surface area contributed by atoms with Crippen molar-refractivity contribution in [2.24, 2.45) is 0 Å². The lowest BCUT2D eigenvalue weighted by Gasteiger charge is -2.32. The number of anilines is 2. The van der Waals surface area contributed by atoms with E-state index in [2.05, 4.69) is 4.90 Å². The summed E-state index contributed by atoms with van der Waals surface area (Å²) < 4.78 is 21.9. The van der Waals surface area contributed by atoms with Crippen LogP contribution in [-0.2, 0) is 9.53 Å². The van der Waals surface area contributed by atoms with Crippen molar-refractivity contribution in [3.05, 3.63) is 53.6 Å². The van der Waals surface area contributed by atoms with Gasteiger partial charge in [0.25, 0.3) is 0 Å². The highest BCUT2D eigenvalue weighted by Gasteiger charge is 2.24. The van der Waals surface area contributed by atoms with Crippen LogP contribution in [0.4, 0.5) is 16.2 Å². The maximum absolute atomic E-state index is 13.5. The molecule has 0 radical (unpaired) electrons. The molecular formula is C34H44N4O7. The number of likely N-dealkylation sites (N-methyl/N-ethyl adjacent to an activating group) is 1. The van der Waals surface area contributed by atoms with E-state index >= 15 is 0 Å². The number of rotatable bonds is 12. The summed E-state index contributed by atoms with van der Waals surface area (Å²) >= 11 is 0. The van der Waals surface area contributed by atoms with Gasteiger partial charge in [-0.15, -0.1) is 0 Å². The highest BCUT2D eigenvalue weighted by molar-refractivity contribution is 6.02. The molecule has 2 N–H and O–H groups in total. The Kier molecular flexibility index (Phi) is 11.5. The molecule has 242 valence electrons. The molecule has 4 rings (SSSR count). The first-order valence-electron chi connectivity index (χ1n) is 15.3. The Morgan fingerprint density at radius 3 is 2.29 bits per heavy atom. The first-order chi connectivity index (χ1) is 21.7. The molecule has 1 fully saturated rings. The lowest BCUT2D eigenvalue weighted by Crippen LogP contribution is -2.48. The molecular weight excluding hydrogens is 576 g/mol. The highest BCUT2D eigenvalue weighted by Crippen LogP contribution is 2.37. The standard InChI is InChI=1S/C34H44N4O7/c1-6-38(32(39)14-8-7-11-19-44-31-21-27(35)26(33(40)43-5)20-30(31)42-4)28-22-29(25-13-10-9-12-24(25)23(28)2)45-34(41)37-17-15-36(3)16-18-37/h9-10,12-13,20-22H,6-8,11,14-19,35H2,1-5H3. The van der Waals surface area contributed by atoms with E-state index in [1.807, 2.05) is 51.2 Å². The molecule has 0 spiro atoms. The molecule has 0 bridgehead atoms. The Bertz CT molecular complexity index is 1520. The van der Waals surface area contributed by atoms with Crippen LogP contribution >= 0.6 is 0 Å². The molecule has 0 aliphatic carbocycles. The van der Waals surface area contributed by atoms with E-state index in [1.165, 1.54) is 20.3 Å². The summed E-state index contributed by atoms with van der Waals surface area (Å²) in [5, 5.41) is 1.78. The number of carbonyl (C=O) groups is 3. The van der Waals surface area contributed by atoms with Gasteiger partial charge in [-0.25, -0.2) is 9.59 Å². The van der Waals surface area contributed by atoms with Crippen LogP contribution in [0.1, 0.15) is 48.5 Å². The van der Waals surface area contributed by atoms with Gasteiger partial charge in [0.2, 0.25) is 5.91 Å². The van der Waals surface area contributed by atoms with E-state index in [0.29, 0.717) is 62.8 Å². The third kappa shape index (κ3) is 7.96. The third-order valence-corrected chi connectivity index (χ3v) is 8.15. The van der Waals surface area contributed by atoms with Gasteiger partial charge in [-0.2, -0.15) is 0 Å². The Morgan fingerprint density at radius 1 is 0.911 bits per heavy atom. The van der Waals surface area contributed by atoms with Gasteiger partial charge in [-0.3, -0.25) is 4.79 Å². The van der Waals surface area contributed by atoms with Crippen LogP contribution < -0.4 is 24.8 Å². The van der Waals surface area contributed by atoms with E-state index < -0.39 is 5.97 Å². The van der Waals surface area contributed by atoms with Crippen LogP contribution in [-0.4, -0.2) is 88.4 Å². The van der Waals surface area contributed by atoms with Crippen molar-refractivity contribution < 1.29 is 33.3 Å². The number of hydrogen-bond donors (Lipinski definition) is 1. The summed E-state index contributed by atoms with van der Waals surface area (Å²) in [6.45, 7) is 7.63. The monoisotopic (exact) mass is 620 g/mol. The summed E-state index contributed by atoms with van der Waals surface area (Å²) in [5.41, 5.74) is 8.15. The average molecular weight is 621 g/mol. The smallest absolute Gasteiger partial charge is 0.415 e. The van der Waals surface area contributed by atoms with Crippen molar-refractivity contribution in [2.75, 3.05) is 71.2 Å². The fourth-order valence-electron chi connectivity index (χ4n) is 5.47. The molecule has 2 amide bonds. The summed E-state index contributed by atoms with van der Waals surface area (Å²) in [6.07, 6.45) is 2.14. The van der Waals surface area contributed by atoms with Crippen molar-refractivity contribution in [1.82, 2.24) is 9.80 Å². The molecule has 3 aromatic carbocycles. The van der Waals surface area contributed by atoms with Crippen molar-refractivity contribution in [1.29, 1.82) is 0 Å². The van der Waals surface area contributed by atoms with Gasteiger partial charge in [-0.1, -0.05) is 24.3 Å². The van der Waals surface area contributed by atoms with Gasteiger partial charge >= 0.3 is 12.1 Å². The van der Waals surface area contributed by atoms with Gasteiger partial charge in [0.1, 0.15) is 5.75 Å². The van der Waals surface area contributed by atoms with E-state index in [-0.39, 0.29) is 23.3 Å². The lowest BCUT2D eigenvalue weighted by atomic mass is 10.0. The van der Waals surface area contributed by atoms with Gasteiger partial charge < -0.3 is 39.4 Å². The molecule has 1 aliphatic heterocycles. The number of amides is 2. The van der Waals surface area contributed by atoms with E-state index in [9.17, 15) is 14.4 Å². The fourth-order valence-corrected chi connectivity index (χ4v) is 5.47. The van der Waals surface area contributed by atoms with Gasteiger partial charge in [0.05, 0.1) is 37.8 Å². The molecule has 0 atom stereocenters. The lowest BCUT2D eigenvalue weighted by molar-refractivity contribution is -0.118. The van der Waals surface area contributed by atoms with Crippen LogP contribution in [0, 0.1) is 6.92 Å². The first kappa shape index (κ1) is 33.4. The third-order valence-electron chi connectivity index (χ3n) is 8.15. The molecule has 3 aromatic rings. The number of carbonyl (C=O) groups excluding carboxylic acids is 3. The zero-order valence-corrected chi connectivity index (χ0v) is 26.9. The van der Waals surface area contributed by atoms with Crippen molar-refractivity contribution in [3.8, 4) is 17.2 Å². The average Bonchev–Trinajstić information content (AvgIpc) is 3.05. The molecule has 0 unspecified atom stereocenters. The number of nitrogen functional groups attached to an aromatic ring is 1. The maximum atomic E-state index is 13.5. The Labute approximate surface area is 264 Å². The number of fused-ring (bicyclic) bond motifs is 1. The summed E-state index contributed by atoms with van der Waals surface area (Å²) in [5.74, 6) is 0.726. The number of unbranched alkanes of at least 4 members (excludes halogenated alkanes) is 2. The number of nitrogens with two attached hydrogens (primary N) is 1. The second-order valence-corrected chi connectivity index (χ2v) is 11.1. The van der Waals surface area contributed by atoms with E-state index in [0.717, 1.165) is 41.5 Å². The van der Waals surface area contributed by atoms with Crippen LogP contribution in [0.25, 0.3) is 10.8 Å². The van der Waals surface area contributed by atoms with Crippen LogP contribution in [0.3, 0.4) is 0 Å². The number of ether oxygens (including phenoxy) is 4. The second kappa shape index (κ2) is 15.5. The van der Waals surface area contributed by atoms with Crippen molar-refractivity contribution in [3.63, 3.8) is 0 Å². The number of nitrogens with zero attached hydrogens (tertiary/aromatic N) is 3. The Morgan fingerprint density at radius 2 is 1.62 bits per heavy atom. The summed E-state index contributed by atoms with van der Waals surface area (Å²) in [7, 11) is 4.81. The second-order valence-electron chi connectivity index (χ2n) is 11.1. The predicted octanol–water partition coefficient (Wildman–Crippen LogP) is 5.26. The summed E-state index contributed by atoms with van der Waals surface area (Å²) in [4.78, 5) is 44.1. The molecule has 1 aliphatic rings. The number of hydrogen-bond acceptors (Lipinski definition) is 9. The van der Waals surface area contributed by atoms with Crippen molar-refractivity contribution >= 4 is 40.1 Å². The first-order valence-corrected chi connectivity index (χ1v) is 15.3. The number of benzene rings is 3. The van der Waals surface area contributed by atoms with Crippen LogP contribution in [0.2, 0.25) is 0 Å². The number of aryl methyl sites for hydroxylation is 1. The minimum atomic E-state index is -0.551. The van der Waals surface area contributed by atoms with Crippen molar-refractivity contribution in [2.45, 2.75) is 39.5 Å². The minimum absolute atomic E-state index is 0.000913. The normalized spacial score (nSPS) is 13.4. The number of esters is 1. The highest BCUT2D eigenvalue weighted by atomic mass is 16.6. The molecule has 11 nitrogen and oxygen atoms in total. The van der Waals surface area contributed by atoms with Crippen LogP contribution in [0.15, 0.2) is 42.5 Å². The van der Waals surface area contributed by atoms with Gasteiger partial charge in [0.15, 0.2) is 11.5 Å². The molecule has 0 aromatic heterocycles. The number of methoxy groups -OCH3 is 2. The fraction of sp³-hybridized carbons (Fsp3) is 0.441. The molecule has 1 saturated heterocycles. The Hall–Kier alpha value is -4.51. The summed E-state index contributed by atoms with van der Waals surface area (Å²) in [6, 6.07) is 12.7. The quantitative estimate of drug-likeness (QED) is 0.164. The molecule has 11 heteroatoms. The Balaban J connectivity index is 1.38. The van der Waals surface area contributed by atoms with Crippen LogP contribution in [0.5, 0.6) is 17.2 Å². The van der Waals surface area contributed by atoms with Gasteiger partial charge in [0, 0.05) is 62.7 Å². The van der Waals surface area contributed by atoms with E-state index in [1.54, 1.807) is 15.9 Å².